The Balaban J connectivity index is 2.29. The molecule has 7 heteroatoms. The molecule has 2 aromatic rings. The third kappa shape index (κ3) is 2.54. The number of aromatic amines is 1. The van der Waals surface area contributed by atoms with Crippen LogP contribution in [0.5, 0.6) is 5.75 Å². The first-order valence-corrected chi connectivity index (χ1v) is 7.17. The maximum atomic E-state index is 13.3. The van der Waals surface area contributed by atoms with E-state index in [0.717, 1.165) is 0 Å². The van der Waals surface area contributed by atoms with Crippen LogP contribution in [0.25, 0.3) is 0 Å². The van der Waals surface area contributed by atoms with Crippen molar-refractivity contribution in [3.05, 3.63) is 74.8 Å². The highest BCUT2D eigenvalue weighted by Crippen LogP contribution is 2.40. The average Bonchev–Trinajstić information content (AvgIpc) is 2.53. The zero-order valence-corrected chi connectivity index (χ0v) is 13.1. The fourth-order valence-corrected chi connectivity index (χ4v) is 2.80. The number of aromatic nitrogens is 1. The maximum Gasteiger partial charge on any atom is 0.340 e. The lowest BCUT2D eigenvalue weighted by Crippen LogP contribution is -2.31. The Morgan fingerprint density at radius 2 is 2.00 bits per heavy atom. The number of H-pyrrole nitrogens is 1. The van der Waals surface area contributed by atoms with Crippen molar-refractivity contribution in [1.82, 2.24) is 4.98 Å². The van der Waals surface area contributed by atoms with Crippen LogP contribution in [-0.2, 0) is 9.53 Å². The molecular formula is C17H15FN2O4. The Kier molecular flexibility index (Phi) is 3.84. The van der Waals surface area contributed by atoms with Crippen molar-refractivity contribution in [1.29, 1.82) is 0 Å². The molecule has 0 unspecified atom stereocenters. The first kappa shape index (κ1) is 15.8. The molecule has 0 spiro atoms. The second-order valence-corrected chi connectivity index (χ2v) is 5.42. The molecule has 1 atom stereocenters. The van der Waals surface area contributed by atoms with Gasteiger partial charge in [0.2, 0.25) is 5.88 Å². The summed E-state index contributed by atoms with van der Waals surface area (Å²) in [6.07, 6.45) is 0. The number of aryl methyl sites for hydroxylation is 1. The molecule has 0 saturated carbocycles. The number of pyridine rings is 1. The Morgan fingerprint density at radius 1 is 1.33 bits per heavy atom. The van der Waals surface area contributed by atoms with E-state index in [2.05, 4.69) is 4.98 Å². The first-order chi connectivity index (χ1) is 11.4. The fourth-order valence-electron chi connectivity index (χ4n) is 2.80. The van der Waals surface area contributed by atoms with Crippen LogP contribution in [0.3, 0.4) is 0 Å². The van der Waals surface area contributed by atoms with Crippen molar-refractivity contribution in [3.63, 3.8) is 0 Å². The second-order valence-electron chi connectivity index (χ2n) is 5.42. The van der Waals surface area contributed by atoms with E-state index in [9.17, 15) is 14.0 Å². The van der Waals surface area contributed by atoms with Crippen LogP contribution in [0.15, 0.2) is 46.6 Å². The topological polar surface area (TPSA) is 94.4 Å². The van der Waals surface area contributed by atoms with E-state index in [1.54, 1.807) is 13.0 Å². The summed E-state index contributed by atoms with van der Waals surface area (Å²) in [5, 5.41) is 0. The predicted octanol–water partition coefficient (Wildman–Crippen LogP) is 1.69. The van der Waals surface area contributed by atoms with Crippen molar-refractivity contribution < 1.29 is 18.7 Å². The molecule has 1 aromatic carbocycles. The van der Waals surface area contributed by atoms with Gasteiger partial charge in [0.25, 0.3) is 5.56 Å². The molecule has 0 saturated heterocycles. The Labute approximate surface area is 136 Å². The van der Waals surface area contributed by atoms with Gasteiger partial charge in [-0.3, -0.25) is 4.79 Å². The molecule has 6 nitrogen and oxygen atoms in total. The lowest BCUT2D eigenvalue weighted by Gasteiger charge is -2.27. The lowest BCUT2D eigenvalue weighted by atomic mass is 9.83. The van der Waals surface area contributed by atoms with E-state index in [1.807, 2.05) is 0 Å². The zero-order valence-electron chi connectivity index (χ0n) is 13.1. The number of methoxy groups -OCH3 is 1. The van der Waals surface area contributed by atoms with Gasteiger partial charge >= 0.3 is 5.97 Å². The van der Waals surface area contributed by atoms with E-state index >= 15 is 0 Å². The van der Waals surface area contributed by atoms with Crippen molar-refractivity contribution in [2.75, 3.05) is 7.11 Å². The number of hydrogen-bond donors (Lipinski definition) is 2. The van der Waals surface area contributed by atoms with Gasteiger partial charge in [-0.15, -0.1) is 0 Å². The maximum absolute atomic E-state index is 13.3. The molecule has 0 aliphatic carbocycles. The number of nitrogens with one attached hydrogen (secondary N) is 1. The predicted molar refractivity (Wildman–Crippen MR) is 83.9 cm³/mol. The third-order valence-corrected chi connectivity index (χ3v) is 3.84. The minimum Gasteiger partial charge on any atom is -0.465 e. The average molecular weight is 330 g/mol. The minimum atomic E-state index is -0.814. The van der Waals surface area contributed by atoms with Crippen LogP contribution in [0, 0.1) is 12.7 Å². The van der Waals surface area contributed by atoms with E-state index in [1.165, 1.54) is 31.4 Å². The number of rotatable bonds is 2. The van der Waals surface area contributed by atoms with Crippen LogP contribution < -0.4 is 16.0 Å². The van der Waals surface area contributed by atoms with Gasteiger partial charge in [-0.1, -0.05) is 12.1 Å². The summed E-state index contributed by atoms with van der Waals surface area (Å²) in [7, 11) is 1.21. The van der Waals surface area contributed by atoms with Crippen LogP contribution in [-0.4, -0.2) is 18.1 Å². The van der Waals surface area contributed by atoms with Gasteiger partial charge in [0.15, 0.2) is 0 Å². The molecule has 1 aromatic heterocycles. The Hall–Kier alpha value is -3.09. The van der Waals surface area contributed by atoms with Crippen LogP contribution >= 0.6 is 0 Å². The van der Waals surface area contributed by atoms with Crippen LogP contribution in [0.4, 0.5) is 4.39 Å². The number of ether oxygens (including phenoxy) is 2. The number of benzene rings is 1. The highest BCUT2D eigenvalue weighted by molar-refractivity contribution is 5.92. The second kappa shape index (κ2) is 5.84. The highest BCUT2D eigenvalue weighted by atomic mass is 19.1. The number of nitrogens with two attached hydrogens (primary N) is 1. The Bertz CT molecular complexity index is 900. The zero-order chi connectivity index (χ0) is 17.4. The summed E-state index contributed by atoms with van der Waals surface area (Å²) in [5.74, 6) is -1.84. The van der Waals surface area contributed by atoms with Crippen molar-refractivity contribution >= 4 is 5.97 Å². The number of halogens is 1. The number of carbonyl (C=O) groups excluding carboxylic acids is 1. The van der Waals surface area contributed by atoms with Crippen LogP contribution in [0.2, 0.25) is 0 Å². The van der Waals surface area contributed by atoms with Crippen LogP contribution in [0.1, 0.15) is 22.7 Å². The molecule has 3 N–H and O–H groups in total. The first-order valence-electron chi connectivity index (χ1n) is 7.17. The minimum absolute atomic E-state index is 0.00552. The fraction of sp³-hybridized carbons (Fsp3) is 0.176. The van der Waals surface area contributed by atoms with E-state index in [-0.39, 0.29) is 22.8 Å². The molecule has 2 heterocycles. The van der Waals surface area contributed by atoms with Gasteiger partial charge in [-0.25, -0.2) is 9.18 Å². The Morgan fingerprint density at radius 3 is 2.62 bits per heavy atom. The molecule has 0 amide bonds. The van der Waals surface area contributed by atoms with Gasteiger partial charge in [0.05, 0.1) is 18.6 Å². The molecule has 24 heavy (non-hydrogen) atoms. The lowest BCUT2D eigenvalue weighted by molar-refractivity contribution is -0.136. The van der Waals surface area contributed by atoms with Crippen molar-refractivity contribution in [3.8, 4) is 5.75 Å². The SMILES string of the molecule is COC(=O)C1=C(N)Oc2cc(C)[nH]c(=O)c2[C@@H]1c1ccc(F)cc1. The number of carbonyl (C=O) groups is 1. The normalized spacial score (nSPS) is 16.4. The van der Waals surface area contributed by atoms with Gasteiger partial charge in [-0.05, 0) is 24.6 Å². The molecular weight excluding hydrogens is 315 g/mol. The standard InChI is InChI=1S/C17H15FN2O4/c1-8-7-11-13(16(21)20-8)12(9-3-5-10(18)6-4-9)14(15(19)24-11)17(22)23-2/h3-7,12H,19H2,1-2H3,(H,20,21)/t12-/m0/s1. The summed E-state index contributed by atoms with van der Waals surface area (Å²) >= 11 is 0. The molecule has 0 radical (unpaired) electrons. The van der Waals surface area contributed by atoms with Gasteiger partial charge in [-0.2, -0.15) is 0 Å². The van der Waals surface area contributed by atoms with Crippen molar-refractivity contribution in [2.24, 2.45) is 5.73 Å². The number of fused-ring (bicyclic) bond motifs is 1. The quantitative estimate of drug-likeness (QED) is 0.817. The molecule has 1 aliphatic rings. The monoisotopic (exact) mass is 330 g/mol. The molecule has 0 fully saturated rings. The molecule has 124 valence electrons. The number of hydrogen-bond acceptors (Lipinski definition) is 5. The van der Waals surface area contributed by atoms with E-state index < -0.39 is 23.3 Å². The van der Waals surface area contributed by atoms with Gasteiger partial charge in [0, 0.05) is 11.8 Å². The third-order valence-electron chi connectivity index (χ3n) is 3.84. The highest BCUT2D eigenvalue weighted by Gasteiger charge is 2.37. The largest absolute Gasteiger partial charge is 0.465 e. The summed E-state index contributed by atoms with van der Waals surface area (Å²) in [6, 6.07) is 7.10. The molecule has 3 rings (SSSR count). The summed E-state index contributed by atoms with van der Waals surface area (Å²) in [4.78, 5) is 27.3. The van der Waals surface area contributed by atoms with E-state index in [0.29, 0.717) is 11.3 Å². The van der Waals surface area contributed by atoms with Crippen molar-refractivity contribution in [2.45, 2.75) is 12.8 Å². The van der Waals surface area contributed by atoms with E-state index in [4.69, 9.17) is 15.2 Å². The number of esters is 1. The summed E-state index contributed by atoms with van der Waals surface area (Å²) < 4.78 is 23.5. The smallest absolute Gasteiger partial charge is 0.340 e. The summed E-state index contributed by atoms with van der Waals surface area (Å²) in [5.41, 5.74) is 6.83. The molecule has 0 bridgehead atoms. The summed E-state index contributed by atoms with van der Waals surface area (Å²) in [6.45, 7) is 1.70. The van der Waals surface area contributed by atoms with Gasteiger partial charge in [0.1, 0.15) is 17.1 Å². The molecule has 1 aliphatic heterocycles. The van der Waals surface area contributed by atoms with Gasteiger partial charge < -0.3 is 20.2 Å².